The number of nitrogens with two attached hydrogens (primary N) is 1. The third kappa shape index (κ3) is 6.86. The number of nitrogens with one attached hydrogen (secondary N) is 1. The molecule has 0 radical (unpaired) electrons. The van der Waals surface area contributed by atoms with Gasteiger partial charge in [0, 0.05) is 19.6 Å². The van der Waals surface area contributed by atoms with Crippen LogP contribution in [0.5, 0.6) is 0 Å². The zero-order valence-electron chi connectivity index (χ0n) is 9.38. The summed E-state index contributed by atoms with van der Waals surface area (Å²) in [5, 5.41) is 2.91. The first-order valence-corrected chi connectivity index (χ1v) is 5.14. The van der Waals surface area contributed by atoms with E-state index in [1.807, 2.05) is 6.92 Å². The van der Waals surface area contributed by atoms with Gasteiger partial charge < -0.3 is 15.8 Å². The minimum atomic E-state index is -0.0835. The fraction of sp³-hybridized carbons (Fsp3) is 0.900. The van der Waals surface area contributed by atoms with Crippen molar-refractivity contribution in [2.24, 2.45) is 5.73 Å². The number of carbonyl (C=O) groups is 1. The van der Waals surface area contributed by atoms with Crippen molar-refractivity contribution < 1.29 is 9.53 Å². The molecular weight excluding hydrogens is 180 g/mol. The zero-order valence-corrected chi connectivity index (χ0v) is 9.38. The standard InChI is InChI=1S/C10H22N2O2/c1-4-5-9(7-14-3)12-10(13)6-8(2)11/h8-9H,4-7,11H2,1-3H3,(H,12,13). The Bertz CT molecular complexity index is 154. The third-order valence-electron chi connectivity index (χ3n) is 1.88. The summed E-state index contributed by atoms with van der Waals surface area (Å²) in [5.41, 5.74) is 5.52. The highest BCUT2D eigenvalue weighted by Gasteiger charge is 2.11. The highest BCUT2D eigenvalue weighted by molar-refractivity contribution is 5.76. The minimum absolute atomic E-state index is 0.00972. The highest BCUT2D eigenvalue weighted by Crippen LogP contribution is 1.98. The van der Waals surface area contributed by atoms with Crippen LogP contribution in [0.3, 0.4) is 0 Å². The Labute approximate surface area is 86.2 Å². The van der Waals surface area contributed by atoms with E-state index in [1.54, 1.807) is 7.11 Å². The highest BCUT2D eigenvalue weighted by atomic mass is 16.5. The van der Waals surface area contributed by atoms with Crippen molar-refractivity contribution in [2.75, 3.05) is 13.7 Å². The van der Waals surface area contributed by atoms with E-state index in [-0.39, 0.29) is 18.0 Å². The molecule has 14 heavy (non-hydrogen) atoms. The molecule has 4 heteroatoms. The van der Waals surface area contributed by atoms with Crippen LogP contribution in [0.25, 0.3) is 0 Å². The topological polar surface area (TPSA) is 64.3 Å². The SMILES string of the molecule is CCCC(COC)NC(=O)CC(C)N. The number of amides is 1. The monoisotopic (exact) mass is 202 g/mol. The van der Waals surface area contributed by atoms with E-state index in [0.29, 0.717) is 13.0 Å². The van der Waals surface area contributed by atoms with Crippen LogP contribution in [0.4, 0.5) is 0 Å². The first kappa shape index (κ1) is 13.4. The molecule has 0 aliphatic carbocycles. The maximum absolute atomic E-state index is 11.4. The lowest BCUT2D eigenvalue weighted by Gasteiger charge is -2.17. The molecular formula is C10H22N2O2. The summed E-state index contributed by atoms with van der Waals surface area (Å²) in [6.45, 7) is 4.48. The number of hydrogen-bond donors (Lipinski definition) is 2. The van der Waals surface area contributed by atoms with Crippen LogP contribution in [-0.4, -0.2) is 31.7 Å². The molecule has 0 aromatic heterocycles. The van der Waals surface area contributed by atoms with Crippen molar-refractivity contribution in [3.05, 3.63) is 0 Å². The van der Waals surface area contributed by atoms with Gasteiger partial charge in [-0.1, -0.05) is 13.3 Å². The number of ether oxygens (including phenoxy) is 1. The van der Waals surface area contributed by atoms with Gasteiger partial charge in [-0.2, -0.15) is 0 Å². The van der Waals surface area contributed by atoms with Crippen LogP contribution >= 0.6 is 0 Å². The molecule has 2 unspecified atom stereocenters. The van der Waals surface area contributed by atoms with Crippen LogP contribution in [-0.2, 0) is 9.53 Å². The van der Waals surface area contributed by atoms with Crippen LogP contribution in [0.1, 0.15) is 33.1 Å². The average Bonchev–Trinajstić information content (AvgIpc) is 2.03. The van der Waals surface area contributed by atoms with Crippen molar-refractivity contribution in [2.45, 2.75) is 45.2 Å². The zero-order chi connectivity index (χ0) is 11.0. The first-order chi connectivity index (χ1) is 6.60. The fourth-order valence-electron chi connectivity index (χ4n) is 1.33. The van der Waals surface area contributed by atoms with E-state index in [9.17, 15) is 4.79 Å². The number of methoxy groups -OCH3 is 1. The summed E-state index contributed by atoms with van der Waals surface area (Å²) in [7, 11) is 1.64. The van der Waals surface area contributed by atoms with Crippen molar-refractivity contribution in [1.82, 2.24) is 5.32 Å². The van der Waals surface area contributed by atoms with Gasteiger partial charge in [0.2, 0.25) is 5.91 Å². The van der Waals surface area contributed by atoms with Crippen molar-refractivity contribution >= 4 is 5.91 Å². The Morgan fingerprint density at radius 1 is 1.57 bits per heavy atom. The van der Waals surface area contributed by atoms with Crippen molar-refractivity contribution in [3.63, 3.8) is 0 Å². The predicted octanol–water partition coefficient (Wildman–Crippen LogP) is 0.655. The molecule has 0 heterocycles. The molecule has 0 rings (SSSR count). The quantitative estimate of drug-likeness (QED) is 0.637. The van der Waals surface area contributed by atoms with E-state index in [4.69, 9.17) is 10.5 Å². The third-order valence-corrected chi connectivity index (χ3v) is 1.88. The lowest BCUT2D eigenvalue weighted by Crippen LogP contribution is -2.40. The Morgan fingerprint density at radius 2 is 2.21 bits per heavy atom. The Hall–Kier alpha value is -0.610. The average molecular weight is 202 g/mol. The van der Waals surface area contributed by atoms with Crippen molar-refractivity contribution in [3.8, 4) is 0 Å². The van der Waals surface area contributed by atoms with Gasteiger partial charge in [-0.05, 0) is 13.3 Å². The molecule has 1 amide bonds. The molecule has 84 valence electrons. The molecule has 0 saturated heterocycles. The van der Waals surface area contributed by atoms with Crippen LogP contribution in [0, 0.1) is 0 Å². The first-order valence-electron chi connectivity index (χ1n) is 5.14. The second-order valence-electron chi connectivity index (χ2n) is 3.69. The van der Waals surface area contributed by atoms with Gasteiger partial charge in [0.25, 0.3) is 0 Å². The summed E-state index contributed by atoms with van der Waals surface area (Å²) in [5.74, 6) is 0.00972. The van der Waals surface area contributed by atoms with Crippen LogP contribution in [0.15, 0.2) is 0 Å². The minimum Gasteiger partial charge on any atom is -0.383 e. The van der Waals surface area contributed by atoms with Crippen LogP contribution in [0.2, 0.25) is 0 Å². The van der Waals surface area contributed by atoms with Gasteiger partial charge in [-0.25, -0.2) is 0 Å². The maximum Gasteiger partial charge on any atom is 0.221 e. The lowest BCUT2D eigenvalue weighted by atomic mass is 10.1. The second kappa shape index (κ2) is 7.76. The van der Waals surface area contributed by atoms with Gasteiger partial charge in [-0.15, -0.1) is 0 Å². The summed E-state index contributed by atoms with van der Waals surface area (Å²) < 4.78 is 5.02. The maximum atomic E-state index is 11.4. The Kier molecular flexibility index (Phi) is 7.42. The van der Waals surface area contributed by atoms with Crippen molar-refractivity contribution in [1.29, 1.82) is 0 Å². The number of hydrogen-bond acceptors (Lipinski definition) is 3. The van der Waals surface area contributed by atoms with Gasteiger partial charge in [0.15, 0.2) is 0 Å². The normalized spacial score (nSPS) is 14.9. The van der Waals surface area contributed by atoms with E-state index < -0.39 is 0 Å². The summed E-state index contributed by atoms with van der Waals surface area (Å²) in [4.78, 5) is 11.4. The molecule has 0 aromatic carbocycles. The second-order valence-corrected chi connectivity index (χ2v) is 3.69. The number of rotatable bonds is 7. The van der Waals surface area contributed by atoms with Gasteiger partial charge >= 0.3 is 0 Å². The van der Waals surface area contributed by atoms with Gasteiger partial charge in [-0.3, -0.25) is 4.79 Å². The summed E-state index contributed by atoms with van der Waals surface area (Å²) >= 11 is 0. The molecule has 3 N–H and O–H groups in total. The van der Waals surface area contributed by atoms with Gasteiger partial charge in [0.05, 0.1) is 12.6 Å². The molecule has 2 atom stereocenters. The largest absolute Gasteiger partial charge is 0.383 e. The van der Waals surface area contributed by atoms with E-state index >= 15 is 0 Å². The molecule has 0 aromatic rings. The predicted molar refractivity (Wildman–Crippen MR) is 57.0 cm³/mol. The van der Waals surface area contributed by atoms with E-state index in [0.717, 1.165) is 12.8 Å². The molecule has 4 nitrogen and oxygen atoms in total. The lowest BCUT2D eigenvalue weighted by molar-refractivity contribution is -0.122. The number of carbonyl (C=O) groups excluding carboxylic acids is 1. The smallest absolute Gasteiger partial charge is 0.221 e. The molecule has 0 spiro atoms. The van der Waals surface area contributed by atoms with E-state index in [2.05, 4.69) is 12.2 Å². The van der Waals surface area contributed by atoms with Crippen LogP contribution < -0.4 is 11.1 Å². The Balaban J connectivity index is 3.82. The van der Waals surface area contributed by atoms with E-state index in [1.165, 1.54) is 0 Å². The fourth-order valence-corrected chi connectivity index (χ4v) is 1.33. The molecule has 0 aliphatic rings. The molecule has 0 fully saturated rings. The molecule has 0 aliphatic heterocycles. The summed E-state index contributed by atoms with van der Waals surface area (Å²) in [6.07, 6.45) is 2.36. The Morgan fingerprint density at radius 3 is 2.64 bits per heavy atom. The summed E-state index contributed by atoms with van der Waals surface area (Å²) in [6, 6.07) is 0.0380. The molecule has 0 saturated carbocycles. The van der Waals surface area contributed by atoms with Gasteiger partial charge in [0.1, 0.15) is 0 Å². The molecule has 0 bridgehead atoms.